The van der Waals surface area contributed by atoms with Crippen LogP contribution in [-0.2, 0) is 4.74 Å². The molecule has 0 radical (unpaired) electrons. The van der Waals surface area contributed by atoms with Crippen molar-refractivity contribution in [3.8, 4) is 0 Å². The molecule has 1 saturated heterocycles. The van der Waals surface area contributed by atoms with Gasteiger partial charge in [-0.1, -0.05) is 0 Å². The lowest BCUT2D eigenvalue weighted by Crippen LogP contribution is -2.71. The molecule has 0 amide bonds. The summed E-state index contributed by atoms with van der Waals surface area (Å²) in [5, 5.41) is 0. The zero-order valence-corrected chi connectivity index (χ0v) is 11.6. The SMILES string of the molecule is C[Si](C)(O)C1([Si](C)(C)O)CCCCO1. The molecular formula is C9H22O3Si2. The van der Waals surface area contributed by atoms with E-state index in [1.54, 1.807) is 0 Å². The summed E-state index contributed by atoms with van der Waals surface area (Å²) in [7, 11) is -4.91. The van der Waals surface area contributed by atoms with E-state index in [1.807, 2.05) is 26.2 Å². The Labute approximate surface area is 88.4 Å². The lowest BCUT2D eigenvalue weighted by molar-refractivity contribution is 0.00447. The maximum Gasteiger partial charge on any atom is 0.214 e. The Morgan fingerprint density at radius 1 is 1.00 bits per heavy atom. The van der Waals surface area contributed by atoms with Gasteiger partial charge in [-0.15, -0.1) is 0 Å². The second-order valence-electron chi connectivity index (χ2n) is 5.25. The number of rotatable bonds is 2. The van der Waals surface area contributed by atoms with Crippen LogP contribution in [0.15, 0.2) is 0 Å². The van der Waals surface area contributed by atoms with Crippen LogP contribution < -0.4 is 0 Å². The molecule has 0 aliphatic carbocycles. The summed E-state index contributed by atoms with van der Waals surface area (Å²) < 4.78 is 5.82. The van der Waals surface area contributed by atoms with Crippen molar-refractivity contribution in [2.24, 2.45) is 0 Å². The predicted molar refractivity (Wildman–Crippen MR) is 61.9 cm³/mol. The minimum atomic E-state index is -2.45. The Balaban J connectivity index is 3.01. The van der Waals surface area contributed by atoms with Crippen molar-refractivity contribution >= 4 is 16.6 Å². The van der Waals surface area contributed by atoms with E-state index in [2.05, 4.69) is 0 Å². The van der Waals surface area contributed by atoms with Gasteiger partial charge in [0, 0.05) is 6.61 Å². The highest BCUT2D eigenvalue weighted by atomic mass is 28.4. The van der Waals surface area contributed by atoms with E-state index in [9.17, 15) is 9.59 Å². The van der Waals surface area contributed by atoms with Crippen LogP contribution in [0.4, 0.5) is 0 Å². The first-order valence-electron chi connectivity index (χ1n) is 5.29. The quantitative estimate of drug-likeness (QED) is 0.710. The Kier molecular flexibility index (Phi) is 3.29. The second kappa shape index (κ2) is 3.71. The van der Waals surface area contributed by atoms with Gasteiger partial charge < -0.3 is 14.3 Å². The van der Waals surface area contributed by atoms with Crippen molar-refractivity contribution in [2.75, 3.05) is 6.61 Å². The molecule has 0 aromatic heterocycles. The van der Waals surface area contributed by atoms with Gasteiger partial charge in [0.25, 0.3) is 0 Å². The average Bonchev–Trinajstić information content (AvgIpc) is 2.02. The average molecular weight is 234 g/mol. The van der Waals surface area contributed by atoms with Crippen LogP contribution in [0.1, 0.15) is 19.3 Å². The summed E-state index contributed by atoms with van der Waals surface area (Å²) in [6.45, 7) is 8.20. The lowest BCUT2D eigenvalue weighted by atomic mass is 10.2. The normalized spacial score (nSPS) is 23.6. The van der Waals surface area contributed by atoms with Crippen LogP contribution >= 0.6 is 0 Å². The molecular weight excluding hydrogens is 212 g/mol. The third-order valence-electron chi connectivity index (χ3n) is 3.25. The maximum atomic E-state index is 10.3. The first-order valence-corrected chi connectivity index (χ1v) is 11.2. The molecule has 84 valence electrons. The molecule has 1 rings (SSSR count). The van der Waals surface area contributed by atoms with Gasteiger partial charge in [0.15, 0.2) is 0 Å². The Hall–Kier alpha value is 0.314. The Morgan fingerprint density at radius 2 is 1.50 bits per heavy atom. The summed E-state index contributed by atoms with van der Waals surface area (Å²) in [5.74, 6) is 0. The molecule has 0 spiro atoms. The molecule has 0 atom stereocenters. The van der Waals surface area contributed by atoms with Gasteiger partial charge in [-0.25, -0.2) is 0 Å². The fourth-order valence-electron chi connectivity index (χ4n) is 2.51. The van der Waals surface area contributed by atoms with Gasteiger partial charge in [0.1, 0.15) is 4.85 Å². The molecule has 0 aromatic rings. The zero-order valence-electron chi connectivity index (χ0n) is 9.63. The molecule has 2 N–H and O–H groups in total. The van der Waals surface area contributed by atoms with Crippen molar-refractivity contribution in [1.29, 1.82) is 0 Å². The van der Waals surface area contributed by atoms with Crippen molar-refractivity contribution in [2.45, 2.75) is 50.3 Å². The summed E-state index contributed by atoms with van der Waals surface area (Å²) in [6, 6.07) is 0. The van der Waals surface area contributed by atoms with Gasteiger partial charge in [-0.05, 0) is 45.5 Å². The highest BCUT2D eigenvalue weighted by molar-refractivity contribution is 6.92. The van der Waals surface area contributed by atoms with E-state index in [1.165, 1.54) is 0 Å². The number of hydrogen-bond acceptors (Lipinski definition) is 3. The van der Waals surface area contributed by atoms with E-state index in [0.29, 0.717) is 6.61 Å². The Morgan fingerprint density at radius 3 is 1.71 bits per heavy atom. The van der Waals surface area contributed by atoms with Crippen LogP contribution in [0, 0.1) is 0 Å². The second-order valence-corrected chi connectivity index (χ2v) is 13.6. The summed E-state index contributed by atoms with van der Waals surface area (Å²) in [6.07, 6.45) is 2.95. The lowest BCUT2D eigenvalue weighted by Gasteiger charge is -2.50. The van der Waals surface area contributed by atoms with Gasteiger partial charge in [0.05, 0.1) is 0 Å². The minimum absolute atomic E-state index is 0.557. The number of hydrogen-bond donors (Lipinski definition) is 2. The maximum absolute atomic E-state index is 10.3. The molecule has 5 heteroatoms. The van der Waals surface area contributed by atoms with E-state index < -0.39 is 21.5 Å². The molecule has 0 unspecified atom stereocenters. The third-order valence-corrected chi connectivity index (χ3v) is 11.7. The van der Waals surface area contributed by atoms with Gasteiger partial charge in [0.2, 0.25) is 16.6 Å². The molecule has 14 heavy (non-hydrogen) atoms. The van der Waals surface area contributed by atoms with Gasteiger partial charge in [-0.3, -0.25) is 0 Å². The fourth-order valence-corrected chi connectivity index (χ4v) is 11.0. The standard InChI is InChI=1S/C9H22O3Si2/c1-13(2,10)9(14(3,4)11)7-5-6-8-12-9/h10-11H,5-8H2,1-4H3. The van der Waals surface area contributed by atoms with Crippen molar-refractivity contribution in [3.05, 3.63) is 0 Å². The van der Waals surface area contributed by atoms with Crippen molar-refractivity contribution in [1.82, 2.24) is 0 Å². The molecule has 3 nitrogen and oxygen atoms in total. The third kappa shape index (κ3) is 1.97. The monoisotopic (exact) mass is 234 g/mol. The molecule has 0 saturated carbocycles. The summed E-state index contributed by atoms with van der Waals surface area (Å²) in [5.41, 5.74) is 0. The predicted octanol–water partition coefficient (Wildman–Crippen LogP) is 1.40. The van der Waals surface area contributed by atoms with Crippen LogP contribution in [0.5, 0.6) is 0 Å². The van der Waals surface area contributed by atoms with E-state index in [0.717, 1.165) is 19.3 Å². The minimum Gasteiger partial charge on any atom is -0.430 e. The summed E-state index contributed by atoms with van der Waals surface area (Å²) >= 11 is 0. The first-order chi connectivity index (χ1) is 6.21. The van der Waals surface area contributed by atoms with Crippen LogP contribution in [0.25, 0.3) is 0 Å². The molecule has 1 aliphatic rings. The van der Waals surface area contributed by atoms with E-state index in [-0.39, 0.29) is 0 Å². The number of ether oxygens (including phenoxy) is 1. The van der Waals surface area contributed by atoms with E-state index >= 15 is 0 Å². The van der Waals surface area contributed by atoms with Crippen LogP contribution in [0.3, 0.4) is 0 Å². The highest BCUT2D eigenvalue weighted by Crippen LogP contribution is 2.38. The highest BCUT2D eigenvalue weighted by Gasteiger charge is 2.59. The van der Waals surface area contributed by atoms with Crippen LogP contribution in [0.2, 0.25) is 26.2 Å². The largest absolute Gasteiger partial charge is 0.430 e. The smallest absolute Gasteiger partial charge is 0.214 e. The molecule has 0 aromatic carbocycles. The topological polar surface area (TPSA) is 49.7 Å². The summed E-state index contributed by atoms with van der Waals surface area (Å²) in [4.78, 5) is 20.1. The van der Waals surface area contributed by atoms with Crippen molar-refractivity contribution in [3.63, 3.8) is 0 Å². The molecule has 1 aliphatic heterocycles. The fraction of sp³-hybridized carbons (Fsp3) is 1.00. The van der Waals surface area contributed by atoms with Gasteiger partial charge >= 0.3 is 0 Å². The van der Waals surface area contributed by atoms with Crippen molar-refractivity contribution < 1.29 is 14.3 Å². The Bertz CT molecular complexity index is 183. The first kappa shape index (κ1) is 12.4. The zero-order chi connectivity index (χ0) is 11.0. The van der Waals surface area contributed by atoms with E-state index in [4.69, 9.17) is 4.74 Å². The molecule has 1 fully saturated rings. The molecule has 0 bridgehead atoms. The van der Waals surface area contributed by atoms with Crippen LogP contribution in [-0.4, -0.2) is 37.7 Å². The van der Waals surface area contributed by atoms with Gasteiger partial charge in [-0.2, -0.15) is 0 Å². The molecule has 1 heterocycles.